The second-order valence-electron chi connectivity index (χ2n) is 3.78. The fourth-order valence-corrected chi connectivity index (χ4v) is 2.01. The van der Waals surface area contributed by atoms with Crippen LogP contribution >= 0.6 is 23.2 Å². The van der Waals surface area contributed by atoms with Crippen LogP contribution in [0, 0.1) is 0 Å². The Balaban J connectivity index is 2.02. The van der Waals surface area contributed by atoms with Crippen LogP contribution in [0.3, 0.4) is 0 Å². The number of hydrogen-bond acceptors (Lipinski definition) is 1. The van der Waals surface area contributed by atoms with E-state index in [1.165, 1.54) is 0 Å². The van der Waals surface area contributed by atoms with Gasteiger partial charge in [0.25, 0.3) is 5.91 Å². The van der Waals surface area contributed by atoms with Gasteiger partial charge in [0.2, 0.25) is 0 Å². The van der Waals surface area contributed by atoms with Crippen molar-refractivity contribution in [2.24, 2.45) is 0 Å². The Bertz CT molecular complexity index is 555. The zero-order chi connectivity index (χ0) is 13.0. The van der Waals surface area contributed by atoms with Crippen LogP contribution in [0.25, 0.3) is 0 Å². The lowest BCUT2D eigenvalue weighted by Gasteiger charge is -2.07. The lowest BCUT2D eigenvalue weighted by Crippen LogP contribution is -2.22. The first kappa shape index (κ1) is 12.9. The summed E-state index contributed by atoms with van der Waals surface area (Å²) in [6.45, 7) is 0.379. The fraction of sp³-hybridized carbons (Fsp3) is 0.0714. The zero-order valence-electron chi connectivity index (χ0n) is 9.49. The first-order valence-electron chi connectivity index (χ1n) is 5.44. The molecule has 2 nitrogen and oxygen atoms in total. The van der Waals surface area contributed by atoms with Crippen molar-refractivity contribution in [3.05, 3.63) is 69.7 Å². The van der Waals surface area contributed by atoms with Gasteiger partial charge in [-0.2, -0.15) is 0 Å². The van der Waals surface area contributed by atoms with E-state index >= 15 is 0 Å². The molecule has 1 N–H and O–H groups in total. The monoisotopic (exact) mass is 279 g/mol. The quantitative estimate of drug-likeness (QED) is 0.907. The van der Waals surface area contributed by atoms with Gasteiger partial charge in [0.05, 0.1) is 0 Å². The first-order valence-corrected chi connectivity index (χ1v) is 6.19. The third kappa shape index (κ3) is 3.25. The van der Waals surface area contributed by atoms with E-state index in [0.717, 1.165) is 5.56 Å². The van der Waals surface area contributed by atoms with Crippen LogP contribution in [0.2, 0.25) is 10.0 Å². The van der Waals surface area contributed by atoms with E-state index in [1.807, 2.05) is 18.2 Å². The van der Waals surface area contributed by atoms with E-state index in [0.29, 0.717) is 22.2 Å². The summed E-state index contributed by atoms with van der Waals surface area (Å²) in [5.74, 6) is -0.124. The average Bonchev–Trinajstić information content (AvgIpc) is 2.38. The van der Waals surface area contributed by atoms with E-state index < -0.39 is 0 Å². The fourth-order valence-electron chi connectivity index (χ4n) is 1.53. The topological polar surface area (TPSA) is 29.1 Å². The number of carbonyl (C=O) groups excluding carboxylic acids is 1. The zero-order valence-corrected chi connectivity index (χ0v) is 11.0. The lowest BCUT2D eigenvalue weighted by atomic mass is 10.2. The Labute approximate surface area is 116 Å². The molecule has 0 heterocycles. The van der Waals surface area contributed by atoms with E-state index in [4.69, 9.17) is 23.2 Å². The molecule has 0 aliphatic rings. The molecule has 0 unspecified atom stereocenters. The maximum atomic E-state index is 11.8. The van der Waals surface area contributed by atoms with Gasteiger partial charge in [0.1, 0.15) is 0 Å². The minimum atomic E-state index is -0.124. The highest BCUT2D eigenvalue weighted by Gasteiger charge is 2.06. The van der Waals surface area contributed by atoms with Crippen LogP contribution in [0.5, 0.6) is 0 Å². The highest BCUT2D eigenvalue weighted by atomic mass is 35.5. The Morgan fingerprint density at radius 2 is 1.78 bits per heavy atom. The summed E-state index contributed by atoms with van der Waals surface area (Å²) in [5.41, 5.74) is 1.47. The molecule has 4 heteroatoms. The number of rotatable bonds is 3. The Morgan fingerprint density at radius 3 is 2.44 bits per heavy atom. The predicted octanol–water partition coefficient (Wildman–Crippen LogP) is 3.92. The first-order chi connectivity index (χ1) is 8.66. The van der Waals surface area contributed by atoms with Gasteiger partial charge in [-0.1, -0.05) is 47.5 Å². The van der Waals surface area contributed by atoms with Crippen molar-refractivity contribution >= 4 is 29.1 Å². The van der Waals surface area contributed by atoms with Gasteiger partial charge in [-0.25, -0.2) is 0 Å². The van der Waals surface area contributed by atoms with Crippen molar-refractivity contribution in [2.75, 3.05) is 0 Å². The summed E-state index contributed by atoms with van der Waals surface area (Å²) in [7, 11) is 0. The van der Waals surface area contributed by atoms with Crippen LogP contribution in [-0.2, 0) is 6.54 Å². The summed E-state index contributed by atoms with van der Waals surface area (Å²) in [6, 6.07) is 14.2. The van der Waals surface area contributed by atoms with Gasteiger partial charge in [-0.05, 0) is 29.8 Å². The molecule has 0 atom stereocenters. The Hall–Kier alpha value is -1.51. The summed E-state index contributed by atoms with van der Waals surface area (Å²) < 4.78 is 0. The van der Waals surface area contributed by atoms with Gasteiger partial charge in [0.15, 0.2) is 0 Å². The second-order valence-corrected chi connectivity index (χ2v) is 4.63. The maximum absolute atomic E-state index is 11.8. The normalized spacial score (nSPS) is 10.1. The van der Waals surface area contributed by atoms with Crippen molar-refractivity contribution in [3.63, 3.8) is 0 Å². The van der Waals surface area contributed by atoms with Crippen LogP contribution in [0.4, 0.5) is 0 Å². The largest absolute Gasteiger partial charge is 0.348 e. The molecule has 1 amide bonds. The summed E-state index contributed by atoms with van der Waals surface area (Å²) in [5, 5.41) is 3.94. The van der Waals surface area contributed by atoms with Gasteiger partial charge < -0.3 is 5.32 Å². The van der Waals surface area contributed by atoms with Gasteiger partial charge in [-0.15, -0.1) is 0 Å². The maximum Gasteiger partial charge on any atom is 0.251 e. The standard InChI is InChI=1S/C14H11Cl2NO/c15-12-7-6-11(13(16)8-12)9-17-14(18)10-4-2-1-3-5-10/h1-8H,9H2,(H,17,18). The molecule has 0 bridgehead atoms. The second kappa shape index (κ2) is 5.89. The van der Waals surface area contributed by atoms with Crippen molar-refractivity contribution in [1.82, 2.24) is 5.32 Å². The molecule has 2 rings (SSSR count). The third-order valence-electron chi connectivity index (χ3n) is 2.49. The van der Waals surface area contributed by atoms with Gasteiger partial charge in [0, 0.05) is 22.2 Å². The van der Waals surface area contributed by atoms with Crippen LogP contribution in [0.1, 0.15) is 15.9 Å². The highest BCUT2D eigenvalue weighted by Crippen LogP contribution is 2.20. The molecule has 18 heavy (non-hydrogen) atoms. The van der Waals surface area contributed by atoms with Crippen LogP contribution in [-0.4, -0.2) is 5.91 Å². The number of benzene rings is 2. The number of hydrogen-bond donors (Lipinski definition) is 1. The number of amides is 1. The van der Waals surface area contributed by atoms with Crippen molar-refractivity contribution in [3.8, 4) is 0 Å². The van der Waals surface area contributed by atoms with Gasteiger partial charge >= 0.3 is 0 Å². The molecular formula is C14H11Cl2NO. The SMILES string of the molecule is O=C(NCc1ccc(Cl)cc1Cl)c1ccccc1. The molecule has 2 aromatic rings. The molecule has 0 saturated heterocycles. The summed E-state index contributed by atoms with van der Waals surface area (Å²) in [4.78, 5) is 11.8. The predicted molar refractivity (Wildman–Crippen MR) is 74.1 cm³/mol. The van der Waals surface area contributed by atoms with Crippen molar-refractivity contribution < 1.29 is 4.79 Å². The van der Waals surface area contributed by atoms with Crippen LogP contribution < -0.4 is 5.32 Å². The third-order valence-corrected chi connectivity index (χ3v) is 3.08. The molecule has 0 fully saturated rings. The average molecular weight is 280 g/mol. The molecule has 0 spiro atoms. The highest BCUT2D eigenvalue weighted by molar-refractivity contribution is 6.35. The molecule has 0 aliphatic heterocycles. The molecule has 0 aliphatic carbocycles. The summed E-state index contributed by atoms with van der Waals surface area (Å²) >= 11 is 11.8. The number of carbonyl (C=O) groups is 1. The smallest absolute Gasteiger partial charge is 0.251 e. The minimum Gasteiger partial charge on any atom is -0.348 e. The molecule has 2 aromatic carbocycles. The minimum absolute atomic E-state index is 0.124. The molecule has 0 aromatic heterocycles. The van der Waals surface area contributed by atoms with Gasteiger partial charge in [-0.3, -0.25) is 4.79 Å². The number of nitrogens with one attached hydrogen (secondary N) is 1. The molecular weight excluding hydrogens is 269 g/mol. The van der Waals surface area contributed by atoms with Crippen molar-refractivity contribution in [1.29, 1.82) is 0 Å². The van der Waals surface area contributed by atoms with Crippen LogP contribution in [0.15, 0.2) is 48.5 Å². The summed E-state index contributed by atoms with van der Waals surface area (Å²) in [6.07, 6.45) is 0. The molecule has 0 saturated carbocycles. The molecule has 0 radical (unpaired) electrons. The Morgan fingerprint density at radius 1 is 1.06 bits per heavy atom. The molecule has 92 valence electrons. The lowest BCUT2D eigenvalue weighted by molar-refractivity contribution is 0.0951. The Kier molecular flexibility index (Phi) is 4.24. The van der Waals surface area contributed by atoms with E-state index in [-0.39, 0.29) is 5.91 Å². The van der Waals surface area contributed by atoms with E-state index in [9.17, 15) is 4.79 Å². The van der Waals surface area contributed by atoms with E-state index in [1.54, 1.807) is 30.3 Å². The number of halogens is 2. The van der Waals surface area contributed by atoms with E-state index in [2.05, 4.69) is 5.32 Å². The van der Waals surface area contributed by atoms with Crippen molar-refractivity contribution in [2.45, 2.75) is 6.54 Å².